The molecule has 0 radical (unpaired) electrons. The average molecular weight is 483 g/mol. The third-order valence-electron chi connectivity index (χ3n) is 5.17. The lowest BCUT2D eigenvalue weighted by molar-refractivity contribution is -0.158. The molecule has 1 aromatic carbocycles. The molecule has 2 N–H and O–H groups in total. The van der Waals surface area contributed by atoms with E-state index in [9.17, 15) is 23.5 Å². The summed E-state index contributed by atoms with van der Waals surface area (Å²) >= 11 is 1.14. The number of thiophene rings is 1. The van der Waals surface area contributed by atoms with Crippen molar-refractivity contribution < 1.29 is 23.7 Å². The van der Waals surface area contributed by atoms with Crippen LogP contribution >= 0.6 is 11.3 Å². The third kappa shape index (κ3) is 5.34. The van der Waals surface area contributed by atoms with Crippen LogP contribution in [-0.4, -0.2) is 32.1 Å². The number of aliphatic hydroxyl groups excluding tert-OH is 2. The van der Waals surface area contributed by atoms with Gasteiger partial charge in [0.1, 0.15) is 10.6 Å². The normalized spacial score (nSPS) is 13.1. The number of aromatic nitrogens is 2. The van der Waals surface area contributed by atoms with Crippen molar-refractivity contribution in [3.05, 3.63) is 50.7 Å². The van der Waals surface area contributed by atoms with Crippen molar-refractivity contribution in [1.29, 1.82) is 0 Å². The number of alkyl halides is 2. The van der Waals surface area contributed by atoms with Crippen molar-refractivity contribution >= 4 is 21.6 Å². The Labute approximate surface area is 193 Å². The van der Waals surface area contributed by atoms with Gasteiger partial charge in [-0.2, -0.15) is 8.78 Å². The molecular formula is C23H28F2N2O5S. The summed E-state index contributed by atoms with van der Waals surface area (Å²) in [6.45, 7) is 4.37. The van der Waals surface area contributed by atoms with Gasteiger partial charge in [0.15, 0.2) is 0 Å². The summed E-state index contributed by atoms with van der Waals surface area (Å²) < 4.78 is 33.9. The van der Waals surface area contributed by atoms with E-state index in [-0.39, 0.29) is 36.6 Å². The van der Waals surface area contributed by atoms with Gasteiger partial charge < -0.3 is 14.9 Å². The zero-order chi connectivity index (χ0) is 24.5. The zero-order valence-electron chi connectivity index (χ0n) is 19.0. The molecule has 7 nitrogen and oxygen atoms in total. The van der Waals surface area contributed by atoms with Crippen LogP contribution in [0.1, 0.15) is 45.3 Å². The Morgan fingerprint density at radius 2 is 1.94 bits per heavy atom. The van der Waals surface area contributed by atoms with Gasteiger partial charge in [-0.15, -0.1) is 11.3 Å². The molecule has 0 aliphatic rings. The van der Waals surface area contributed by atoms with Crippen LogP contribution in [0.25, 0.3) is 20.7 Å². The first-order valence-corrected chi connectivity index (χ1v) is 11.5. The molecule has 0 fully saturated rings. The lowest BCUT2D eigenvalue weighted by Crippen LogP contribution is -2.39. The number of nitrogens with zero attached hydrogens (tertiary/aromatic N) is 2. The molecule has 0 spiro atoms. The Kier molecular flexibility index (Phi) is 7.40. The van der Waals surface area contributed by atoms with Gasteiger partial charge in [-0.25, -0.2) is 4.79 Å². The predicted octanol–water partition coefficient (Wildman–Crippen LogP) is 3.88. The summed E-state index contributed by atoms with van der Waals surface area (Å²) in [5.41, 5.74) is -0.220. The lowest BCUT2D eigenvalue weighted by atomic mass is 9.96. The van der Waals surface area contributed by atoms with Crippen LogP contribution in [0.5, 0.6) is 5.75 Å². The highest BCUT2D eigenvalue weighted by Crippen LogP contribution is 2.42. The maximum Gasteiger partial charge on any atom is 0.394 e. The minimum absolute atomic E-state index is 0.0394. The van der Waals surface area contributed by atoms with Crippen LogP contribution in [0.3, 0.4) is 0 Å². The van der Waals surface area contributed by atoms with Gasteiger partial charge in [0.25, 0.3) is 5.56 Å². The Morgan fingerprint density at radius 1 is 1.24 bits per heavy atom. The molecule has 2 aromatic heterocycles. The summed E-state index contributed by atoms with van der Waals surface area (Å²) in [4.78, 5) is 27.1. The Bertz CT molecular complexity index is 1260. The average Bonchev–Trinajstić information content (AvgIpc) is 3.12. The fraction of sp³-hybridized carbons (Fsp3) is 0.478. The van der Waals surface area contributed by atoms with Gasteiger partial charge in [-0.05, 0) is 36.5 Å². The Hall–Kier alpha value is -2.56. The number of fused-ring (bicyclic) bond motifs is 1. The Morgan fingerprint density at radius 3 is 2.55 bits per heavy atom. The molecule has 0 aliphatic heterocycles. The molecule has 33 heavy (non-hydrogen) atoms. The number of halogens is 2. The number of ether oxygens (including phenoxy) is 1. The number of hydrogen-bond acceptors (Lipinski definition) is 6. The maximum absolute atomic E-state index is 13.4. The van der Waals surface area contributed by atoms with Crippen LogP contribution in [-0.2, 0) is 13.6 Å². The summed E-state index contributed by atoms with van der Waals surface area (Å²) in [5, 5.41) is 20.5. The van der Waals surface area contributed by atoms with E-state index in [0.29, 0.717) is 34.2 Å². The summed E-state index contributed by atoms with van der Waals surface area (Å²) in [6.07, 6.45) is -3.79. The summed E-state index contributed by atoms with van der Waals surface area (Å²) in [7, 11) is 1.54. The third-order valence-corrected chi connectivity index (χ3v) is 6.50. The van der Waals surface area contributed by atoms with E-state index in [4.69, 9.17) is 9.84 Å². The largest absolute Gasteiger partial charge is 0.433 e. The van der Waals surface area contributed by atoms with E-state index in [1.165, 1.54) is 23.7 Å². The molecule has 0 aliphatic carbocycles. The zero-order valence-corrected chi connectivity index (χ0v) is 19.8. The second-order valence-corrected chi connectivity index (χ2v) is 9.48. The fourth-order valence-electron chi connectivity index (χ4n) is 3.79. The SMILES string of the molecule is CC(C)CC(O)c1c(-c2cccc(OC(C)(F)F)c2)sc2c1c(=O)n(CCCO)c(=O)n2C. The molecule has 0 saturated heterocycles. The van der Waals surface area contributed by atoms with Crippen molar-refractivity contribution in [3.8, 4) is 16.2 Å². The first-order valence-electron chi connectivity index (χ1n) is 10.7. The molecule has 3 rings (SSSR count). The minimum Gasteiger partial charge on any atom is -0.433 e. The molecular weight excluding hydrogens is 454 g/mol. The molecule has 0 saturated carbocycles. The molecule has 1 atom stereocenters. The van der Waals surface area contributed by atoms with Gasteiger partial charge >= 0.3 is 11.8 Å². The topological polar surface area (TPSA) is 93.7 Å². The quantitative estimate of drug-likeness (QED) is 0.483. The monoisotopic (exact) mass is 482 g/mol. The highest BCUT2D eigenvalue weighted by molar-refractivity contribution is 7.22. The molecule has 0 amide bonds. The van der Waals surface area contributed by atoms with E-state index in [1.807, 2.05) is 13.8 Å². The van der Waals surface area contributed by atoms with Crippen molar-refractivity contribution in [3.63, 3.8) is 0 Å². The van der Waals surface area contributed by atoms with Crippen molar-refractivity contribution in [2.24, 2.45) is 13.0 Å². The first-order chi connectivity index (χ1) is 15.4. The second-order valence-electron chi connectivity index (χ2n) is 8.48. The summed E-state index contributed by atoms with van der Waals surface area (Å²) in [5.74, 6) is 0.0522. The molecule has 10 heteroatoms. The predicted molar refractivity (Wildman–Crippen MR) is 124 cm³/mol. The van der Waals surface area contributed by atoms with Crippen LogP contribution in [0.4, 0.5) is 8.78 Å². The lowest BCUT2D eigenvalue weighted by Gasteiger charge is -2.17. The van der Waals surface area contributed by atoms with Crippen molar-refractivity contribution in [1.82, 2.24) is 9.13 Å². The van der Waals surface area contributed by atoms with E-state index < -0.39 is 23.5 Å². The number of hydrogen-bond donors (Lipinski definition) is 2. The molecule has 1 unspecified atom stereocenters. The van der Waals surface area contributed by atoms with Gasteiger partial charge in [-0.3, -0.25) is 13.9 Å². The van der Waals surface area contributed by atoms with Gasteiger partial charge in [-0.1, -0.05) is 26.0 Å². The van der Waals surface area contributed by atoms with Crippen LogP contribution in [0.15, 0.2) is 33.9 Å². The number of benzene rings is 1. The number of aliphatic hydroxyl groups is 2. The highest BCUT2D eigenvalue weighted by Gasteiger charge is 2.28. The standard InChI is InChI=1S/C23H28F2N2O5S/c1-13(2)11-16(29)17-18-20(30)27(9-6-10-28)22(31)26(4)21(18)33-19(17)14-7-5-8-15(12-14)32-23(3,24)25/h5,7-8,12-13,16,28-29H,6,9-11H2,1-4H3. The van der Waals surface area contributed by atoms with Crippen LogP contribution in [0, 0.1) is 5.92 Å². The van der Waals surface area contributed by atoms with Crippen LogP contribution < -0.4 is 16.0 Å². The smallest absolute Gasteiger partial charge is 0.394 e. The first kappa shape index (κ1) is 25.1. The van der Waals surface area contributed by atoms with Gasteiger partial charge in [0.05, 0.1) is 11.5 Å². The van der Waals surface area contributed by atoms with E-state index in [0.717, 1.165) is 15.9 Å². The second kappa shape index (κ2) is 9.74. The maximum atomic E-state index is 13.4. The highest BCUT2D eigenvalue weighted by atomic mass is 32.1. The number of rotatable bonds is 9. The van der Waals surface area contributed by atoms with E-state index >= 15 is 0 Å². The molecule has 2 heterocycles. The molecule has 3 aromatic rings. The van der Waals surface area contributed by atoms with Gasteiger partial charge in [0.2, 0.25) is 0 Å². The van der Waals surface area contributed by atoms with Crippen LogP contribution in [0.2, 0.25) is 0 Å². The van der Waals surface area contributed by atoms with Gasteiger partial charge in [0, 0.05) is 37.6 Å². The fourth-order valence-corrected chi connectivity index (χ4v) is 5.10. The minimum atomic E-state index is -3.37. The molecule has 180 valence electrons. The van der Waals surface area contributed by atoms with Crippen molar-refractivity contribution in [2.45, 2.75) is 52.4 Å². The summed E-state index contributed by atoms with van der Waals surface area (Å²) in [6, 6.07) is 6.06. The Balaban J connectivity index is 2.33. The number of aryl methyl sites for hydroxylation is 1. The molecule has 0 bridgehead atoms. The van der Waals surface area contributed by atoms with E-state index in [1.54, 1.807) is 12.1 Å². The van der Waals surface area contributed by atoms with E-state index in [2.05, 4.69) is 0 Å². The van der Waals surface area contributed by atoms with Crippen molar-refractivity contribution in [2.75, 3.05) is 6.61 Å².